The molecule has 3 N–H and O–H groups in total. The van der Waals surface area contributed by atoms with Crippen LogP contribution >= 0.6 is 0 Å². The van der Waals surface area contributed by atoms with E-state index in [0.717, 1.165) is 12.2 Å². The summed E-state index contributed by atoms with van der Waals surface area (Å²) in [4.78, 5) is 18.2. The molecule has 0 bridgehead atoms. The molecule has 122 valence electrons. The van der Waals surface area contributed by atoms with Crippen LogP contribution in [0, 0.1) is 0 Å². The van der Waals surface area contributed by atoms with Crippen molar-refractivity contribution in [2.75, 3.05) is 13.7 Å². The number of carboxylic acid groups (broad SMARTS) is 2. The summed E-state index contributed by atoms with van der Waals surface area (Å²) in [5.74, 6) is -2.71. The molecule has 22 heavy (non-hydrogen) atoms. The van der Waals surface area contributed by atoms with E-state index in [1.165, 1.54) is 37.8 Å². The first-order chi connectivity index (χ1) is 10.5. The van der Waals surface area contributed by atoms with E-state index in [9.17, 15) is 0 Å². The maximum absolute atomic E-state index is 9.10. The summed E-state index contributed by atoms with van der Waals surface area (Å²) in [5, 5.41) is 18.4. The van der Waals surface area contributed by atoms with Crippen molar-refractivity contribution in [3.63, 3.8) is 0 Å². The van der Waals surface area contributed by atoms with Gasteiger partial charge in [-0.25, -0.2) is 9.59 Å². The van der Waals surface area contributed by atoms with Crippen LogP contribution in [-0.4, -0.2) is 41.8 Å². The maximum Gasteiger partial charge on any atom is 0.414 e. The van der Waals surface area contributed by atoms with Gasteiger partial charge < -0.3 is 20.3 Å². The normalized spacial score (nSPS) is 17.6. The fourth-order valence-corrected chi connectivity index (χ4v) is 2.32. The molecule has 1 fully saturated rings. The zero-order valence-corrected chi connectivity index (χ0v) is 12.7. The van der Waals surface area contributed by atoms with Gasteiger partial charge in [0, 0.05) is 6.04 Å². The number of hydrogen-bond acceptors (Lipinski definition) is 4. The van der Waals surface area contributed by atoms with Gasteiger partial charge in [-0.2, -0.15) is 0 Å². The molecule has 1 aromatic carbocycles. The van der Waals surface area contributed by atoms with E-state index in [0.29, 0.717) is 6.04 Å². The first-order valence-corrected chi connectivity index (χ1v) is 7.35. The molecular weight excluding hydrogens is 286 g/mol. The van der Waals surface area contributed by atoms with Crippen LogP contribution in [0.3, 0.4) is 0 Å². The SMILES string of the molecule is COc1ccc(CC2CCCCCN2)cc1.O=C(O)C(=O)O. The second kappa shape index (κ2) is 9.78. The molecule has 0 radical (unpaired) electrons. The van der Waals surface area contributed by atoms with E-state index >= 15 is 0 Å². The van der Waals surface area contributed by atoms with Crippen molar-refractivity contribution < 1.29 is 24.5 Å². The molecule has 0 saturated carbocycles. The number of rotatable bonds is 3. The summed E-state index contributed by atoms with van der Waals surface area (Å²) in [5.41, 5.74) is 1.40. The Balaban J connectivity index is 0.000000346. The lowest BCUT2D eigenvalue weighted by molar-refractivity contribution is -0.159. The Morgan fingerprint density at radius 1 is 1.14 bits per heavy atom. The molecule has 0 aromatic heterocycles. The first kappa shape index (κ1) is 18.0. The van der Waals surface area contributed by atoms with E-state index in [-0.39, 0.29) is 0 Å². The zero-order chi connectivity index (χ0) is 16.4. The molecule has 0 spiro atoms. The highest BCUT2D eigenvalue weighted by atomic mass is 16.5. The van der Waals surface area contributed by atoms with Crippen molar-refractivity contribution in [2.24, 2.45) is 0 Å². The highest BCUT2D eigenvalue weighted by Crippen LogP contribution is 2.16. The predicted octanol–water partition coefficient (Wildman–Crippen LogP) is 1.93. The van der Waals surface area contributed by atoms with Crippen LogP contribution in [0.1, 0.15) is 31.2 Å². The number of hydrogen-bond donors (Lipinski definition) is 3. The van der Waals surface area contributed by atoms with Gasteiger partial charge in [-0.1, -0.05) is 25.0 Å². The number of ether oxygens (including phenoxy) is 1. The van der Waals surface area contributed by atoms with Crippen molar-refractivity contribution in [3.05, 3.63) is 29.8 Å². The second-order valence-corrected chi connectivity index (χ2v) is 5.16. The van der Waals surface area contributed by atoms with Crippen LogP contribution in [0.5, 0.6) is 5.75 Å². The fraction of sp³-hybridized carbons (Fsp3) is 0.500. The molecule has 1 atom stereocenters. The Bertz CT molecular complexity index is 452. The highest BCUT2D eigenvalue weighted by molar-refractivity contribution is 6.27. The smallest absolute Gasteiger partial charge is 0.414 e. The van der Waals surface area contributed by atoms with Gasteiger partial charge in [0.1, 0.15) is 5.75 Å². The fourth-order valence-electron chi connectivity index (χ4n) is 2.32. The standard InChI is InChI=1S/C14H21NO.C2H2O4/c1-16-14-8-6-12(7-9-14)11-13-5-3-2-4-10-15-13;3-1(4)2(5)6/h6-9,13,15H,2-5,10-11H2,1H3;(H,3,4)(H,5,6). The molecular formula is C16H23NO5. The van der Waals surface area contributed by atoms with Crippen molar-refractivity contribution in [1.29, 1.82) is 0 Å². The lowest BCUT2D eigenvalue weighted by atomic mass is 10.0. The third kappa shape index (κ3) is 7.08. The predicted molar refractivity (Wildman–Crippen MR) is 82.2 cm³/mol. The Hall–Kier alpha value is -2.08. The lowest BCUT2D eigenvalue weighted by Gasteiger charge is -2.15. The molecule has 2 rings (SSSR count). The number of benzene rings is 1. The number of nitrogens with one attached hydrogen (secondary N) is 1. The van der Waals surface area contributed by atoms with Gasteiger partial charge in [-0.15, -0.1) is 0 Å². The zero-order valence-electron chi connectivity index (χ0n) is 12.7. The molecule has 6 nitrogen and oxygen atoms in total. The average Bonchev–Trinajstić information content (AvgIpc) is 2.77. The van der Waals surface area contributed by atoms with Crippen molar-refractivity contribution in [3.8, 4) is 5.75 Å². The molecule has 1 saturated heterocycles. The Kier molecular flexibility index (Phi) is 7.99. The summed E-state index contributed by atoms with van der Waals surface area (Å²) in [6.45, 7) is 1.18. The number of carboxylic acids is 2. The largest absolute Gasteiger partial charge is 0.497 e. The Morgan fingerprint density at radius 3 is 2.32 bits per heavy atom. The topological polar surface area (TPSA) is 95.9 Å². The minimum atomic E-state index is -1.82. The van der Waals surface area contributed by atoms with Crippen molar-refractivity contribution >= 4 is 11.9 Å². The summed E-state index contributed by atoms with van der Waals surface area (Å²) in [6.07, 6.45) is 6.54. The summed E-state index contributed by atoms with van der Waals surface area (Å²) < 4.78 is 5.16. The number of carbonyl (C=O) groups is 2. The minimum absolute atomic E-state index is 0.663. The van der Waals surface area contributed by atoms with Crippen LogP contribution in [-0.2, 0) is 16.0 Å². The molecule has 0 aliphatic carbocycles. The van der Waals surface area contributed by atoms with Crippen LogP contribution < -0.4 is 10.1 Å². The molecule has 0 amide bonds. The van der Waals surface area contributed by atoms with Crippen molar-refractivity contribution in [1.82, 2.24) is 5.32 Å². The molecule has 1 heterocycles. The lowest BCUT2D eigenvalue weighted by Crippen LogP contribution is -2.30. The highest BCUT2D eigenvalue weighted by Gasteiger charge is 2.11. The van der Waals surface area contributed by atoms with Gasteiger partial charge in [0.15, 0.2) is 0 Å². The van der Waals surface area contributed by atoms with Crippen LogP contribution in [0.4, 0.5) is 0 Å². The quantitative estimate of drug-likeness (QED) is 0.738. The van der Waals surface area contributed by atoms with Gasteiger partial charge in [-0.3, -0.25) is 0 Å². The van der Waals surface area contributed by atoms with Crippen LogP contribution in [0.15, 0.2) is 24.3 Å². The summed E-state index contributed by atoms with van der Waals surface area (Å²) >= 11 is 0. The Morgan fingerprint density at radius 2 is 1.77 bits per heavy atom. The molecule has 1 aliphatic rings. The summed E-state index contributed by atoms with van der Waals surface area (Å²) in [6, 6.07) is 9.10. The third-order valence-electron chi connectivity index (χ3n) is 3.49. The summed E-state index contributed by atoms with van der Waals surface area (Å²) in [7, 11) is 1.71. The van der Waals surface area contributed by atoms with Gasteiger partial charge in [0.05, 0.1) is 7.11 Å². The monoisotopic (exact) mass is 309 g/mol. The van der Waals surface area contributed by atoms with Crippen LogP contribution in [0.25, 0.3) is 0 Å². The second-order valence-electron chi connectivity index (χ2n) is 5.16. The van der Waals surface area contributed by atoms with Crippen LogP contribution in [0.2, 0.25) is 0 Å². The average molecular weight is 309 g/mol. The van der Waals surface area contributed by atoms with Gasteiger partial charge in [-0.05, 0) is 43.5 Å². The molecule has 6 heteroatoms. The molecule has 1 aromatic rings. The first-order valence-electron chi connectivity index (χ1n) is 7.35. The van der Waals surface area contributed by atoms with E-state index in [1.54, 1.807) is 7.11 Å². The van der Waals surface area contributed by atoms with Gasteiger partial charge in [0.2, 0.25) is 0 Å². The maximum atomic E-state index is 9.10. The minimum Gasteiger partial charge on any atom is -0.497 e. The van der Waals surface area contributed by atoms with Gasteiger partial charge in [0.25, 0.3) is 0 Å². The number of aliphatic carboxylic acids is 2. The van der Waals surface area contributed by atoms with E-state index in [1.807, 2.05) is 12.1 Å². The van der Waals surface area contributed by atoms with E-state index in [2.05, 4.69) is 17.4 Å². The molecule has 1 aliphatic heterocycles. The third-order valence-corrected chi connectivity index (χ3v) is 3.49. The number of methoxy groups -OCH3 is 1. The van der Waals surface area contributed by atoms with E-state index in [4.69, 9.17) is 24.5 Å². The van der Waals surface area contributed by atoms with Crippen molar-refractivity contribution in [2.45, 2.75) is 38.1 Å². The Labute approximate surface area is 130 Å². The van der Waals surface area contributed by atoms with E-state index < -0.39 is 11.9 Å². The molecule has 1 unspecified atom stereocenters. The van der Waals surface area contributed by atoms with Gasteiger partial charge >= 0.3 is 11.9 Å².